The molecule has 0 saturated carbocycles. The minimum absolute atomic E-state index is 0.0177. The molecule has 1 aliphatic rings. The highest BCUT2D eigenvalue weighted by atomic mass is 79.9. The second-order valence-electron chi connectivity index (χ2n) is 8.19. The van der Waals surface area contributed by atoms with Crippen LogP contribution in [0, 0.1) is 5.92 Å². The smallest absolute Gasteiger partial charge is 0.266 e. The number of fused-ring (bicyclic) bond motifs is 1. The Labute approximate surface area is 201 Å². The predicted octanol–water partition coefficient (Wildman–Crippen LogP) is 6.87. The third-order valence-electron chi connectivity index (χ3n) is 5.37. The largest absolute Gasteiger partial charge is 0.342 e. The van der Waals surface area contributed by atoms with Crippen LogP contribution in [-0.4, -0.2) is 26.2 Å². The number of carbonyl (C=O) groups is 1. The first-order valence-electron chi connectivity index (χ1n) is 10.5. The van der Waals surface area contributed by atoms with E-state index in [1.165, 1.54) is 33.8 Å². The van der Waals surface area contributed by atoms with Crippen molar-refractivity contribution >= 4 is 67.1 Å². The van der Waals surface area contributed by atoms with Crippen LogP contribution >= 0.6 is 39.9 Å². The molecule has 3 nitrogen and oxygen atoms in total. The molecule has 0 bridgehead atoms. The quantitative estimate of drug-likeness (QED) is 0.266. The molecule has 160 valence electrons. The van der Waals surface area contributed by atoms with Crippen LogP contribution < -0.4 is 0 Å². The number of rotatable bonds is 6. The summed E-state index contributed by atoms with van der Waals surface area (Å²) < 4.78 is 4.03. The average Bonchev–Trinajstić information content (AvgIpc) is 3.21. The van der Waals surface area contributed by atoms with Crippen LogP contribution in [0.1, 0.15) is 37.5 Å². The average molecular weight is 514 g/mol. The van der Waals surface area contributed by atoms with E-state index in [2.05, 4.69) is 89.9 Å². The van der Waals surface area contributed by atoms with Crippen LogP contribution in [0.4, 0.5) is 0 Å². The van der Waals surface area contributed by atoms with Crippen molar-refractivity contribution in [3.63, 3.8) is 0 Å². The Kier molecular flexibility index (Phi) is 6.70. The summed E-state index contributed by atoms with van der Waals surface area (Å²) in [5.41, 5.74) is 4.84. The lowest BCUT2D eigenvalue weighted by atomic mass is 10.1. The van der Waals surface area contributed by atoms with Gasteiger partial charge in [-0.25, -0.2) is 0 Å². The fourth-order valence-corrected chi connectivity index (χ4v) is 5.47. The van der Waals surface area contributed by atoms with Crippen molar-refractivity contribution < 1.29 is 4.79 Å². The van der Waals surface area contributed by atoms with Gasteiger partial charge in [0.2, 0.25) is 0 Å². The number of para-hydroxylation sites is 1. The Morgan fingerprint density at radius 1 is 1.16 bits per heavy atom. The van der Waals surface area contributed by atoms with Crippen LogP contribution in [0.2, 0.25) is 0 Å². The molecule has 1 fully saturated rings. The van der Waals surface area contributed by atoms with E-state index in [4.69, 9.17) is 12.2 Å². The fourth-order valence-electron chi connectivity index (χ4n) is 3.94. The van der Waals surface area contributed by atoms with Gasteiger partial charge in [-0.1, -0.05) is 91.0 Å². The summed E-state index contributed by atoms with van der Waals surface area (Å²) in [5, 5.41) is 1.17. The number of amides is 1. The van der Waals surface area contributed by atoms with Crippen LogP contribution in [0.3, 0.4) is 0 Å². The topological polar surface area (TPSA) is 25.2 Å². The number of aryl methyl sites for hydroxylation is 1. The maximum atomic E-state index is 13.0. The Balaban J connectivity index is 1.77. The van der Waals surface area contributed by atoms with Gasteiger partial charge in [0.05, 0.1) is 10.4 Å². The Morgan fingerprint density at radius 3 is 2.58 bits per heavy atom. The highest BCUT2D eigenvalue weighted by Crippen LogP contribution is 2.35. The van der Waals surface area contributed by atoms with E-state index in [0.29, 0.717) is 21.7 Å². The molecule has 31 heavy (non-hydrogen) atoms. The molecule has 3 aromatic rings. The Hall–Kier alpha value is -1.89. The normalized spacial score (nSPS) is 15.8. The lowest BCUT2D eigenvalue weighted by molar-refractivity contribution is -0.122. The number of aromatic nitrogens is 1. The summed E-state index contributed by atoms with van der Waals surface area (Å²) in [6.45, 7) is 7.83. The van der Waals surface area contributed by atoms with E-state index in [1.807, 2.05) is 6.08 Å². The van der Waals surface area contributed by atoms with Gasteiger partial charge in [0.15, 0.2) is 0 Å². The van der Waals surface area contributed by atoms with Crippen LogP contribution in [0.15, 0.2) is 58.0 Å². The lowest BCUT2D eigenvalue weighted by Crippen LogP contribution is -2.31. The number of halogens is 1. The zero-order valence-corrected chi connectivity index (χ0v) is 21.1. The molecule has 4 rings (SSSR count). The van der Waals surface area contributed by atoms with Crippen LogP contribution in [-0.2, 0) is 17.8 Å². The summed E-state index contributed by atoms with van der Waals surface area (Å²) in [6, 6.07) is 14.9. The number of thiocarbonyl (C=S) groups is 1. The first kappa shape index (κ1) is 22.3. The summed E-state index contributed by atoms with van der Waals surface area (Å²) >= 11 is 10.4. The number of carbonyl (C=O) groups excluding carboxylic acids is 1. The zero-order chi connectivity index (χ0) is 22.1. The highest BCUT2D eigenvalue weighted by molar-refractivity contribution is 9.10. The van der Waals surface area contributed by atoms with E-state index in [1.54, 1.807) is 4.90 Å². The summed E-state index contributed by atoms with van der Waals surface area (Å²) in [5.74, 6) is 0.394. The third-order valence-corrected chi connectivity index (χ3v) is 7.27. The van der Waals surface area contributed by atoms with Gasteiger partial charge >= 0.3 is 0 Å². The van der Waals surface area contributed by atoms with Crippen molar-refractivity contribution in [3.05, 3.63) is 74.7 Å². The molecule has 0 atom stereocenters. The van der Waals surface area contributed by atoms with Gasteiger partial charge in [-0.3, -0.25) is 9.69 Å². The van der Waals surface area contributed by atoms with E-state index in [-0.39, 0.29) is 5.91 Å². The Morgan fingerprint density at radius 2 is 1.90 bits per heavy atom. The molecule has 0 aliphatic carbocycles. The van der Waals surface area contributed by atoms with E-state index in [0.717, 1.165) is 23.0 Å². The first-order chi connectivity index (χ1) is 14.9. The van der Waals surface area contributed by atoms with E-state index >= 15 is 0 Å². The maximum Gasteiger partial charge on any atom is 0.266 e. The van der Waals surface area contributed by atoms with Gasteiger partial charge in [0.25, 0.3) is 5.91 Å². The first-order valence-corrected chi connectivity index (χ1v) is 12.5. The molecule has 1 amide bonds. The number of benzene rings is 2. The fraction of sp³-hybridized carbons (Fsp3) is 0.280. The third kappa shape index (κ3) is 4.66. The van der Waals surface area contributed by atoms with Crippen molar-refractivity contribution in [1.82, 2.24) is 9.47 Å². The lowest BCUT2D eigenvalue weighted by Gasteiger charge is -2.16. The molecule has 6 heteroatoms. The molecule has 2 aromatic carbocycles. The van der Waals surface area contributed by atoms with Crippen molar-refractivity contribution in [3.8, 4) is 0 Å². The predicted molar refractivity (Wildman–Crippen MR) is 139 cm³/mol. The molecule has 1 aromatic heterocycles. The minimum Gasteiger partial charge on any atom is -0.342 e. The molecule has 0 radical (unpaired) electrons. The summed E-state index contributed by atoms with van der Waals surface area (Å²) in [6.07, 6.45) is 5.14. The van der Waals surface area contributed by atoms with Gasteiger partial charge < -0.3 is 4.57 Å². The van der Waals surface area contributed by atoms with Crippen molar-refractivity contribution in [2.24, 2.45) is 5.92 Å². The molecule has 0 unspecified atom stereocenters. The second-order valence-corrected chi connectivity index (χ2v) is 10.8. The van der Waals surface area contributed by atoms with Crippen molar-refractivity contribution in [2.45, 2.75) is 33.7 Å². The number of hydrogen-bond donors (Lipinski definition) is 0. The van der Waals surface area contributed by atoms with Crippen molar-refractivity contribution in [2.75, 3.05) is 6.54 Å². The van der Waals surface area contributed by atoms with Gasteiger partial charge in [0, 0.05) is 34.7 Å². The summed E-state index contributed by atoms with van der Waals surface area (Å²) in [4.78, 5) is 15.4. The molecular weight excluding hydrogens is 488 g/mol. The number of hydrogen-bond acceptors (Lipinski definition) is 3. The molecule has 2 heterocycles. The standard InChI is InChI=1S/C25H25BrN2OS2/c1-4-18-6-5-7-21-19(12-22-24(29)28(13-16(2)3)25(30)31-22)15-27(23(18)21)14-17-8-10-20(26)11-9-17/h5-12,15-16H,4,13-14H2,1-3H3/b22-12-. The molecule has 0 N–H and O–H groups in total. The van der Waals surface area contributed by atoms with Crippen molar-refractivity contribution in [1.29, 1.82) is 0 Å². The SMILES string of the molecule is CCc1cccc2c(/C=C3\SC(=S)N(CC(C)C)C3=O)cn(Cc3ccc(Br)cc3)c12. The second kappa shape index (κ2) is 9.31. The summed E-state index contributed by atoms with van der Waals surface area (Å²) in [7, 11) is 0. The molecule has 0 spiro atoms. The molecular formula is C25H25BrN2OS2. The monoisotopic (exact) mass is 512 g/mol. The maximum absolute atomic E-state index is 13.0. The van der Waals surface area contributed by atoms with E-state index in [9.17, 15) is 4.79 Å². The number of nitrogens with zero attached hydrogens (tertiary/aromatic N) is 2. The van der Waals surface area contributed by atoms with Gasteiger partial charge in [0.1, 0.15) is 4.32 Å². The molecule has 1 saturated heterocycles. The highest BCUT2D eigenvalue weighted by Gasteiger charge is 2.32. The van der Waals surface area contributed by atoms with Crippen LogP contribution in [0.5, 0.6) is 0 Å². The zero-order valence-electron chi connectivity index (χ0n) is 17.9. The van der Waals surface area contributed by atoms with Gasteiger partial charge in [-0.15, -0.1) is 0 Å². The Bertz CT molecular complexity index is 1180. The minimum atomic E-state index is 0.0177. The molecule has 1 aliphatic heterocycles. The van der Waals surface area contributed by atoms with Gasteiger partial charge in [-0.2, -0.15) is 0 Å². The van der Waals surface area contributed by atoms with Gasteiger partial charge in [-0.05, 0) is 41.7 Å². The van der Waals surface area contributed by atoms with Crippen LogP contribution in [0.25, 0.3) is 17.0 Å². The van der Waals surface area contributed by atoms with E-state index < -0.39 is 0 Å². The number of thioether (sulfide) groups is 1.